The Kier molecular flexibility index (Phi) is 6.64. The van der Waals surface area contributed by atoms with Crippen molar-refractivity contribution in [3.8, 4) is 0 Å². The Morgan fingerprint density at radius 2 is 1.77 bits per heavy atom. The van der Waals surface area contributed by atoms with Gasteiger partial charge in [0.1, 0.15) is 5.00 Å². The number of piperidine rings is 1. The number of nitrogens with one attached hydrogen (secondary N) is 1. The molecule has 7 nitrogen and oxygen atoms in total. The summed E-state index contributed by atoms with van der Waals surface area (Å²) in [5, 5.41) is 3.17. The molecule has 3 rings (SSSR count). The van der Waals surface area contributed by atoms with Gasteiger partial charge in [-0.15, -0.1) is 11.3 Å². The van der Waals surface area contributed by atoms with Gasteiger partial charge < -0.3 is 10.1 Å². The molecule has 0 atom stereocenters. The normalized spacial score (nSPS) is 15.1. The first kappa shape index (κ1) is 22.5. The summed E-state index contributed by atoms with van der Waals surface area (Å²) in [4.78, 5) is 26.2. The Labute approximate surface area is 181 Å². The molecule has 9 heteroatoms. The van der Waals surface area contributed by atoms with Gasteiger partial charge in [-0.2, -0.15) is 4.31 Å². The Balaban J connectivity index is 1.93. The van der Waals surface area contributed by atoms with Crippen LogP contribution in [0.2, 0.25) is 0 Å². The van der Waals surface area contributed by atoms with Crippen LogP contribution in [0, 0.1) is 20.8 Å². The van der Waals surface area contributed by atoms with Crippen LogP contribution >= 0.6 is 11.3 Å². The minimum Gasteiger partial charge on any atom is -0.465 e. The molecule has 2 aromatic rings. The molecule has 0 saturated carbocycles. The number of ether oxygens (including phenoxy) is 1. The van der Waals surface area contributed by atoms with E-state index in [0.29, 0.717) is 29.2 Å². The summed E-state index contributed by atoms with van der Waals surface area (Å²) < 4.78 is 32.3. The smallest absolute Gasteiger partial charge is 0.341 e. The van der Waals surface area contributed by atoms with Crippen LogP contribution in [0.15, 0.2) is 23.1 Å². The van der Waals surface area contributed by atoms with Gasteiger partial charge >= 0.3 is 5.97 Å². The fraction of sp³-hybridized carbons (Fsp3) is 0.429. The van der Waals surface area contributed by atoms with E-state index in [1.807, 2.05) is 6.92 Å². The molecule has 1 aliphatic heterocycles. The number of hydrogen-bond donors (Lipinski definition) is 1. The predicted molar refractivity (Wildman–Crippen MR) is 117 cm³/mol. The number of nitrogens with zero attached hydrogens (tertiary/aromatic N) is 1. The van der Waals surface area contributed by atoms with E-state index in [1.165, 1.54) is 34.9 Å². The number of rotatable bonds is 5. The maximum absolute atomic E-state index is 13.0. The topological polar surface area (TPSA) is 92.8 Å². The van der Waals surface area contributed by atoms with Crippen molar-refractivity contribution in [2.24, 2.45) is 0 Å². The number of methoxy groups -OCH3 is 1. The Bertz CT molecular complexity index is 1080. The van der Waals surface area contributed by atoms with Crippen molar-refractivity contribution in [3.63, 3.8) is 0 Å². The van der Waals surface area contributed by atoms with E-state index >= 15 is 0 Å². The molecule has 0 unspecified atom stereocenters. The minimum atomic E-state index is -3.65. The SMILES string of the molecule is COC(=O)c1c(NC(=O)c2cc(S(=O)(=O)N3CCCCC3)ccc2C)sc(C)c1C. The number of benzene rings is 1. The van der Waals surface area contributed by atoms with Gasteiger partial charge in [-0.25, -0.2) is 13.2 Å². The lowest BCUT2D eigenvalue weighted by atomic mass is 10.1. The third-order valence-corrected chi connectivity index (χ3v) is 8.43. The molecule has 0 radical (unpaired) electrons. The second kappa shape index (κ2) is 8.87. The highest BCUT2D eigenvalue weighted by molar-refractivity contribution is 7.89. The second-order valence-electron chi connectivity index (χ2n) is 7.37. The van der Waals surface area contributed by atoms with Gasteiger partial charge in [-0.1, -0.05) is 12.5 Å². The monoisotopic (exact) mass is 450 g/mol. The van der Waals surface area contributed by atoms with Crippen molar-refractivity contribution in [1.29, 1.82) is 0 Å². The molecule has 0 aliphatic carbocycles. The number of sulfonamides is 1. The third-order valence-electron chi connectivity index (χ3n) is 5.41. The fourth-order valence-electron chi connectivity index (χ4n) is 3.49. The first-order valence-corrected chi connectivity index (χ1v) is 12.0. The average Bonchev–Trinajstić information content (AvgIpc) is 3.01. The Hall–Kier alpha value is -2.23. The van der Waals surface area contributed by atoms with Crippen molar-refractivity contribution in [2.45, 2.75) is 44.9 Å². The zero-order valence-corrected chi connectivity index (χ0v) is 19.2. The van der Waals surface area contributed by atoms with Gasteiger partial charge in [-0.05, 0) is 56.9 Å². The summed E-state index contributed by atoms with van der Waals surface area (Å²) in [5.74, 6) is -0.986. The highest BCUT2D eigenvalue weighted by atomic mass is 32.2. The molecule has 1 aromatic heterocycles. The molecule has 1 aromatic carbocycles. The zero-order valence-electron chi connectivity index (χ0n) is 17.6. The number of amides is 1. The summed E-state index contributed by atoms with van der Waals surface area (Å²) in [7, 11) is -2.36. The Morgan fingerprint density at radius 1 is 1.10 bits per heavy atom. The molecular weight excluding hydrogens is 424 g/mol. The quantitative estimate of drug-likeness (QED) is 0.698. The van der Waals surface area contributed by atoms with E-state index in [9.17, 15) is 18.0 Å². The summed E-state index contributed by atoms with van der Waals surface area (Å²) in [6.07, 6.45) is 2.70. The van der Waals surface area contributed by atoms with Crippen molar-refractivity contribution in [3.05, 3.63) is 45.3 Å². The lowest BCUT2D eigenvalue weighted by Crippen LogP contribution is -2.35. The van der Waals surface area contributed by atoms with Gasteiger partial charge in [-0.3, -0.25) is 4.79 Å². The summed E-state index contributed by atoms with van der Waals surface area (Å²) >= 11 is 1.29. The number of aryl methyl sites for hydroxylation is 2. The van der Waals surface area contributed by atoms with Crippen LogP contribution in [0.3, 0.4) is 0 Å². The number of thiophene rings is 1. The van der Waals surface area contributed by atoms with Gasteiger partial charge in [0.05, 0.1) is 17.6 Å². The summed E-state index contributed by atoms with van der Waals surface area (Å²) in [6, 6.07) is 4.59. The number of hydrogen-bond acceptors (Lipinski definition) is 6. The highest BCUT2D eigenvalue weighted by Crippen LogP contribution is 2.33. The molecule has 162 valence electrons. The van der Waals surface area contributed by atoms with Crippen LogP contribution in [0.1, 0.15) is 56.0 Å². The fourth-order valence-corrected chi connectivity index (χ4v) is 6.08. The van der Waals surface area contributed by atoms with Crippen LogP contribution in [-0.2, 0) is 14.8 Å². The van der Waals surface area contributed by atoms with E-state index in [2.05, 4.69) is 5.32 Å². The number of anilines is 1. The second-order valence-corrected chi connectivity index (χ2v) is 10.5. The van der Waals surface area contributed by atoms with Crippen LogP contribution in [-0.4, -0.2) is 44.8 Å². The first-order chi connectivity index (χ1) is 14.2. The van der Waals surface area contributed by atoms with Gasteiger partial charge in [0.2, 0.25) is 10.0 Å². The molecule has 0 spiro atoms. The maximum atomic E-state index is 13.0. The number of carbonyl (C=O) groups excluding carboxylic acids is 2. The van der Waals surface area contributed by atoms with E-state index in [4.69, 9.17) is 4.74 Å². The molecule has 1 N–H and O–H groups in total. The molecule has 1 saturated heterocycles. The maximum Gasteiger partial charge on any atom is 0.341 e. The average molecular weight is 451 g/mol. The number of esters is 1. The van der Waals surface area contributed by atoms with E-state index in [-0.39, 0.29) is 10.5 Å². The van der Waals surface area contributed by atoms with E-state index in [1.54, 1.807) is 19.9 Å². The van der Waals surface area contributed by atoms with Crippen LogP contribution in [0.25, 0.3) is 0 Å². The molecule has 0 bridgehead atoms. The van der Waals surface area contributed by atoms with Crippen molar-refractivity contribution < 1.29 is 22.7 Å². The van der Waals surface area contributed by atoms with Crippen LogP contribution in [0.4, 0.5) is 5.00 Å². The van der Waals surface area contributed by atoms with Crippen LogP contribution < -0.4 is 5.32 Å². The standard InChI is InChI=1S/C21H26N2O5S2/c1-13-8-9-16(30(26,27)23-10-6-5-7-11-23)12-17(13)19(24)22-20-18(21(25)28-4)14(2)15(3)29-20/h8-9,12H,5-7,10-11H2,1-4H3,(H,22,24). The van der Waals surface area contributed by atoms with E-state index < -0.39 is 21.9 Å². The highest BCUT2D eigenvalue weighted by Gasteiger charge is 2.28. The van der Waals surface area contributed by atoms with Crippen LogP contribution in [0.5, 0.6) is 0 Å². The zero-order chi connectivity index (χ0) is 22.1. The predicted octanol–water partition coefficient (Wildman–Crippen LogP) is 3.89. The summed E-state index contributed by atoms with van der Waals surface area (Å²) in [6.45, 7) is 6.39. The van der Waals surface area contributed by atoms with Crippen molar-refractivity contribution in [2.75, 3.05) is 25.5 Å². The first-order valence-electron chi connectivity index (χ1n) is 9.77. The molecule has 1 fully saturated rings. The summed E-state index contributed by atoms with van der Waals surface area (Å²) in [5.41, 5.74) is 1.98. The molecule has 1 amide bonds. The van der Waals surface area contributed by atoms with Gasteiger partial charge in [0, 0.05) is 23.5 Å². The molecule has 2 heterocycles. The molecular formula is C21H26N2O5S2. The minimum absolute atomic E-state index is 0.104. The van der Waals surface area contributed by atoms with Gasteiger partial charge in [0.25, 0.3) is 5.91 Å². The lowest BCUT2D eigenvalue weighted by Gasteiger charge is -2.26. The van der Waals surface area contributed by atoms with Crippen molar-refractivity contribution >= 4 is 38.2 Å². The largest absolute Gasteiger partial charge is 0.465 e. The number of carbonyl (C=O) groups is 2. The molecule has 30 heavy (non-hydrogen) atoms. The third kappa shape index (κ3) is 4.28. The molecule has 1 aliphatic rings. The lowest BCUT2D eigenvalue weighted by molar-refractivity contribution is 0.0601. The van der Waals surface area contributed by atoms with Gasteiger partial charge in [0.15, 0.2) is 0 Å². The van der Waals surface area contributed by atoms with E-state index in [0.717, 1.165) is 29.7 Å². The Morgan fingerprint density at radius 3 is 2.40 bits per heavy atom. The van der Waals surface area contributed by atoms with Crippen molar-refractivity contribution in [1.82, 2.24) is 4.31 Å².